The molecule has 8 heteroatoms. The molecule has 0 radical (unpaired) electrons. The van der Waals surface area contributed by atoms with E-state index in [1.807, 2.05) is 0 Å². The van der Waals surface area contributed by atoms with Gasteiger partial charge in [0.25, 0.3) is 5.78 Å². The van der Waals surface area contributed by atoms with Crippen LogP contribution in [0, 0.1) is 0 Å². The van der Waals surface area contributed by atoms with E-state index in [-0.39, 0.29) is 12.2 Å². The Hall–Kier alpha value is -2.38. The van der Waals surface area contributed by atoms with Crippen molar-refractivity contribution in [3.05, 3.63) is 29.5 Å². The molecule has 1 aromatic rings. The summed E-state index contributed by atoms with van der Waals surface area (Å²) in [7, 11) is 5.97. The SMILES string of the molecule is COc1ccc(CN(C)C(C)=CC(=O)C(F)(F)F)c(OC)c1OC. The maximum Gasteiger partial charge on any atom is 0.454 e. The van der Waals surface area contributed by atoms with Gasteiger partial charge in [0.15, 0.2) is 11.5 Å². The Morgan fingerprint density at radius 1 is 1.12 bits per heavy atom. The van der Waals surface area contributed by atoms with E-state index in [1.54, 1.807) is 19.2 Å². The summed E-state index contributed by atoms with van der Waals surface area (Å²) in [5, 5.41) is 0. The van der Waals surface area contributed by atoms with Crippen LogP contribution in [0.4, 0.5) is 13.2 Å². The molecule has 134 valence electrons. The van der Waals surface area contributed by atoms with Crippen LogP contribution < -0.4 is 14.2 Å². The molecule has 0 N–H and O–H groups in total. The van der Waals surface area contributed by atoms with Gasteiger partial charge in [0.1, 0.15) is 0 Å². The second-order valence-corrected chi connectivity index (χ2v) is 5.00. The van der Waals surface area contributed by atoms with Gasteiger partial charge in [-0.1, -0.05) is 0 Å². The number of benzene rings is 1. The van der Waals surface area contributed by atoms with E-state index in [9.17, 15) is 18.0 Å². The van der Waals surface area contributed by atoms with Crippen molar-refractivity contribution < 1.29 is 32.2 Å². The Bertz CT molecular complexity index is 626. The summed E-state index contributed by atoms with van der Waals surface area (Å²) >= 11 is 0. The summed E-state index contributed by atoms with van der Waals surface area (Å²) in [5.41, 5.74) is 0.846. The van der Waals surface area contributed by atoms with Crippen molar-refractivity contribution >= 4 is 5.78 Å². The number of rotatable bonds is 7. The molecule has 0 aromatic heterocycles. The summed E-state index contributed by atoms with van der Waals surface area (Å²) in [6, 6.07) is 3.39. The van der Waals surface area contributed by atoms with Gasteiger partial charge in [0, 0.05) is 30.9 Å². The smallest absolute Gasteiger partial charge is 0.454 e. The maximum atomic E-state index is 12.3. The lowest BCUT2D eigenvalue weighted by molar-refractivity contribution is -0.165. The number of alkyl halides is 3. The second kappa shape index (κ2) is 7.94. The van der Waals surface area contributed by atoms with Gasteiger partial charge in [0.05, 0.1) is 21.3 Å². The van der Waals surface area contributed by atoms with Crippen molar-refractivity contribution in [3.8, 4) is 17.2 Å². The Kier molecular flexibility index (Phi) is 6.51. The molecule has 0 bridgehead atoms. The molecule has 5 nitrogen and oxygen atoms in total. The first-order valence-corrected chi connectivity index (χ1v) is 6.94. The summed E-state index contributed by atoms with van der Waals surface area (Å²) < 4.78 is 52.8. The van der Waals surface area contributed by atoms with Gasteiger partial charge in [-0.25, -0.2) is 0 Å². The number of hydrogen-bond donors (Lipinski definition) is 0. The van der Waals surface area contributed by atoms with Crippen LogP contribution in [0.5, 0.6) is 17.2 Å². The molecule has 0 atom stereocenters. The van der Waals surface area contributed by atoms with Crippen molar-refractivity contribution in [3.63, 3.8) is 0 Å². The zero-order chi connectivity index (χ0) is 18.5. The van der Waals surface area contributed by atoms with Crippen molar-refractivity contribution in [2.75, 3.05) is 28.4 Å². The average Bonchev–Trinajstić information content (AvgIpc) is 2.52. The molecule has 1 aromatic carbocycles. The lowest BCUT2D eigenvalue weighted by Gasteiger charge is -2.23. The molecule has 0 amide bonds. The van der Waals surface area contributed by atoms with Gasteiger partial charge in [-0.05, 0) is 19.1 Å². The number of nitrogens with zero attached hydrogens (tertiary/aromatic N) is 1. The van der Waals surface area contributed by atoms with Crippen molar-refractivity contribution in [2.24, 2.45) is 0 Å². The molecule has 24 heavy (non-hydrogen) atoms. The predicted octanol–water partition coefficient (Wildman–Crippen LogP) is 3.18. The zero-order valence-corrected chi connectivity index (χ0v) is 14.2. The molecular weight excluding hydrogens is 327 g/mol. The van der Waals surface area contributed by atoms with Crippen molar-refractivity contribution in [1.82, 2.24) is 4.90 Å². The fourth-order valence-corrected chi connectivity index (χ4v) is 2.05. The maximum absolute atomic E-state index is 12.3. The Balaban J connectivity index is 3.08. The first-order valence-electron chi connectivity index (χ1n) is 6.94. The molecule has 0 spiro atoms. The molecule has 0 aliphatic carbocycles. The molecule has 0 saturated carbocycles. The number of ether oxygens (including phenoxy) is 3. The number of ketones is 1. The number of allylic oxidation sites excluding steroid dienone is 2. The summed E-state index contributed by atoms with van der Waals surface area (Å²) in [4.78, 5) is 12.6. The highest BCUT2D eigenvalue weighted by Crippen LogP contribution is 2.40. The lowest BCUT2D eigenvalue weighted by atomic mass is 10.1. The van der Waals surface area contributed by atoms with Gasteiger partial charge in [0.2, 0.25) is 5.75 Å². The quantitative estimate of drug-likeness (QED) is 0.709. The number of methoxy groups -OCH3 is 3. The van der Waals surface area contributed by atoms with E-state index in [4.69, 9.17) is 14.2 Å². The fraction of sp³-hybridized carbons (Fsp3) is 0.438. The number of halogens is 3. The predicted molar refractivity (Wildman–Crippen MR) is 82.4 cm³/mol. The van der Waals surface area contributed by atoms with Gasteiger partial charge in [-0.2, -0.15) is 13.2 Å². The van der Waals surface area contributed by atoms with E-state index < -0.39 is 12.0 Å². The standard InChI is InChI=1S/C16H20F3NO4/c1-10(8-13(21)16(17,18)19)20(2)9-11-6-7-12(22-3)15(24-5)14(11)23-4/h6-8H,9H2,1-5H3. The molecule has 0 unspecified atom stereocenters. The van der Waals surface area contributed by atoms with Gasteiger partial charge in [-0.3, -0.25) is 4.79 Å². The minimum Gasteiger partial charge on any atom is -0.493 e. The van der Waals surface area contributed by atoms with E-state index in [1.165, 1.54) is 33.2 Å². The highest BCUT2D eigenvalue weighted by molar-refractivity contribution is 5.94. The average molecular weight is 347 g/mol. The third kappa shape index (κ3) is 4.56. The summed E-state index contributed by atoms with van der Waals surface area (Å²) in [6.07, 6.45) is -4.32. The first kappa shape index (κ1) is 19.7. The minimum absolute atomic E-state index is 0.175. The zero-order valence-electron chi connectivity index (χ0n) is 14.2. The van der Waals surface area contributed by atoms with Crippen LogP contribution >= 0.6 is 0 Å². The second-order valence-electron chi connectivity index (χ2n) is 5.00. The largest absolute Gasteiger partial charge is 0.493 e. The normalized spacial score (nSPS) is 11.9. The monoisotopic (exact) mass is 347 g/mol. The summed E-state index contributed by atoms with van der Waals surface area (Å²) in [5.74, 6) is -0.621. The van der Waals surface area contributed by atoms with E-state index in [0.29, 0.717) is 28.9 Å². The summed E-state index contributed by atoms with van der Waals surface area (Å²) in [6.45, 7) is 1.65. The van der Waals surface area contributed by atoms with E-state index in [0.717, 1.165) is 0 Å². The molecule has 0 fully saturated rings. The van der Waals surface area contributed by atoms with Crippen molar-refractivity contribution in [2.45, 2.75) is 19.6 Å². The Morgan fingerprint density at radius 2 is 1.71 bits per heavy atom. The molecule has 0 heterocycles. The van der Waals surface area contributed by atoms with E-state index in [2.05, 4.69) is 0 Å². The number of carbonyl (C=O) groups excluding carboxylic acids is 1. The van der Waals surface area contributed by atoms with Gasteiger partial charge >= 0.3 is 6.18 Å². The molecule has 0 aliphatic heterocycles. The Morgan fingerprint density at radius 3 is 2.17 bits per heavy atom. The van der Waals surface area contributed by atoms with Crippen LogP contribution in [0.25, 0.3) is 0 Å². The van der Waals surface area contributed by atoms with Crippen LogP contribution in [0.15, 0.2) is 23.9 Å². The van der Waals surface area contributed by atoms with Crippen LogP contribution in [0.2, 0.25) is 0 Å². The van der Waals surface area contributed by atoms with E-state index >= 15 is 0 Å². The van der Waals surface area contributed by atoms with Crippen molar-refractivity contribution in [1.29, 1.82) is 0 Å². The van der Waals surface area contributed by atoms with Gasteiger partial charge < -0.3 is 19.1 Å². The molecular formula is C16H20F3NO4. The number of hydrogen-bond acceptors (Lipinski definition) is 5. The molecule has 1 rings (SSSR count). The van der Waals surface area contributed by atoms with Crippen LogP contribution in [0.1, 0.15) is 12.5 Å². The Labute approximate surface area is 138 Å². The molecule has 0 aliphatic rings. The number of carbonyl (C=O) groups is 1. The lowest BCUT2D eigenvalue weighted by Crippen LogP contribution is -2.23. The minimum atomic E-state index is -4.89. The highest BCUT2D eigenvalue weighted by Gasteiger charge is 2.36. The highest BCUT2D eigenvalue weighted by atomic mass is 19.4. The van der Waals surface area contributed by atoms with Crippen LogP contribution in [0.3, 0.4) is 0 Å². The first-order chi connectivity index (χ1) is 11.1. The van der Waals surface area contributed by atoms with Crippen LogP contribution in [-0.4, -0.2) is 45.2 Å². The fourth-order valence-electron chi connectivity index (χ4n) is 2.05. The third-order valence-electron chi connectivity index (χ3n) is 3.41. The van der Waals surface area contributed by atoms with Gasteiger partial charge in [-0.15, -0.1) is 0 Å². The third-order valence-corrected chi connectivity index (χ3v) is 3.41. The topological polar surface area (TPSA) is 48.0 Å². The molecule has 0 saturated heterocycles. The van der Waals surface area contributed by atoms with Crippen LogP contribution in [-0.2, 0) is 11.3 Å².